The standard InChI is InChI=1S/C34H26S2.C30H21N.C24H17N.C22H18S2/c1-34(2,3)33-31-27(35-25-18-10-16-23(29(25)31)21-12-6-4-7-13-21)20-28-32(33)30-24(17-11-19-26(30)36-28)22-14-8-5-9-15-22;1-4-11-22(12-5-1)24-19-20-28-27(21-24)30-26(23-13-6-2-7-14-23)17-10-18-29(30)31(28)25-15-8-3-9-16-25;1-3-10-18(11-4-1)20-15-9-17-23-24(20)21-14-7-8-16-22(21)25(23)19-12-5-2-6-13-19;1-22(2,3)21-19-13-8-4-6-10-15(13)23-17(19)12-18-20(21)14-9-5-7-11-16(14)24-18/h4-20H,1-3H3;1-21H;1-17H;4-12H,1-3H3. The minimum Gasteiger partial charge on any atom is -0.309 e. The van der Waals surface area contributed by atoms with Crippen LogP contribution in [0.3, 0.4) is 0 Å². The van der Waals surface area contributed by atoms with Gasteiger partial charge in [-0.15, -0.1) is 45.3 Å². The number of thiophene rings is 4. The van der Waals surface area contributed by atoms with Gasteiger partial charge in [-0.3, -0.25) is 0 Å². The maximum Gasteiger partial charge on any atom is 0.0547 e. The highest BCUT2D eigenvalue weighted by Crippen LogP contribution is 2.54. The van der Waals surface area contributed by atoms with Crippen LogP contribution in [0.4, 0.5) is 0 Å². The van der Waals surface area contributed by atoms with Gasteiger partial charge >= 0.3 is 0 Å². The molecule has 116 heavy (non-hydrogen) atoms. The van der Waals surface area contributed by atoms with E-state index >= 15 is 0 Å². The van der Waals surface area contributed by atoms with E-state index in [9.17, 15) is 0 Å². The summed E-state index contributed by atoms with van der Waals surface area (Å²) in [6, 6.07) is 140. The summed E-state index contributed by atoms with van der Waals surface area (Å²) in [4.78, 5) is 0. The third-order valence-corrected chi connectivity index (χ3v) is 27.2. The Labute approximate surface area is 692 Å². The molecule has 0 aliphatic carbocycles. The quantitative estimate of drug-likeness (QED) is 0.151. The third kappa shape index (κ3) is 12.9. The normalized spacial score (nSPS) is 11.9. The Kier molecular flexibility index (Phi) is 18.6. The molecule has 0 radical (unpaired) electrons. The second kappa shape index (κ2) is 29.9. The largest absolute Gasteiger partial charge is 0.309 e. The van der Waals surface area contributed by atoms with E-state index < -0.39 is 0 Å². The lowest BCUT2D eigenvalue weighted by molar-refractivity contribution is 0.602. The van der Waals surface area contributed by atoms with Crippen LogP contribution in [0.25, 0.3) is 191 Å². The Hall–Kier alpha value is -12.8. The SMILES string of the molecule is CC(C)(C)c1c2c(cc3sc4cccc(-c5ccccc5)c4c13)sc1cccc(-c3ccccc3)c12.CC(C)(C)c1c2c(cc3sc4ccccc4c13)sc1ccccc12.c1ccc(-c2ccc3c(c2)c2c(-c4ccccc4)cccc2n3-c2ccccc2)cc1.c1ccc(-c2cccc3c2c2ccccc2n3-c2ccccc2)cc1. The topological polar surface area (TPSA) is 9.86 Å². The molecule has 0 aliphatic rings. The molecule has 6 heterocycles. The lowest BCUT2D eigenvalue weighted by Gasteiger charge is -2.23. The molecular weight excluding hydrogens is 1480 g/mol. The van der Waals surface area contributed by atoms with Gasteiger partial charge in [0.25, 0.3) is 0 Å². The van der Waals surface area contributed by atoms with Crippen molar-refractivity contribution < 1.29 is 0 Å². The monoisotopic (exact) mass is 1560 g/mol. The van der Waals surface area contributed by atoms with Crippen molar-refractivity contribution in [1.82, 2.24) is 9.13 Å². The van der Waals surface area contributed by atoms with Gasteiger partial charge in [-0.25, -0.2) is 0 Å². The number of hydrogen-bond donors (Lipinski definition) is 0. The predicted octanol–water partition coefficient (Wildman–Crippen LogP) is 33.3. The van der Waals surface area contributed by atoms with Crippen LogP contribution in [0.2, 0.25) is 0 Å². The third-order valence-electron chi connectivity index (χ3n) is 22.7. The van der Waals surface area contributed by atoms with Gasteiger partial charge in [-0.1, -0.05) is 339 Å². The van der Waals surface area contributed by atoms with Crippen molar-refractivity contribution in [3.63, 3.8) is 0 Å². The first-order chi connectivity index (χ1) is 56.9. The summed E-state index contributed by atoms with van der Waals surface area (Å²) in [5.74, 6) is 0. The van der Waals surface area contributed by atoms with Crippen LogP contribution in [0, 0.1) is 0 Å². The number of hydrogen-bond acceptors (Lipinski definition) is 4. The molecule has 23 aromatic rings. The van der Waals surface area contributed by atoms with Crippen LogP contribution in [0.5, 0.6) is 0 Å². The zero-order valence-electron chi connectivity index (χ0n) is 65.5. The zero-order chi connectivity index (χ0) is 78.2. The van der Waals surface area contributed by atoms with Gasteiger partial charge in [0.2, 0.25) is 0 Å². The Morgan fingerprint density at radius 2 is 0.474 bits per heavy atom. The Balaban J connectivity index is 0.000000101. The molecule has 0 unspecified atom stereocenters. The minimum atomic E-state index is -0.0205. The summed E-state index contributed by atoms with van der Waals surface area (Å²) in [6.07, 6.45) is 0. The zero-order valence-corrected chi connectivity index (χ0v) is 68.7. The van der Waals surface area contributed by atoms with Crippen LogP contribution in [-0.2, 0) is 10.8 Å². The fraction of sp³-hybridized carbons (Fsp3) is 0.0727. The van der Waals surface area contributed by atoms with Gasteiger partial charge in [-0.05, 0) is 169 Å². The number of benzene rings is 17. The van der Waals surface area contributed by atoms with Crippen LogP contribution in [0.15, 0.2) is 388 Å². The molecular formula is C110H82N2S4. The maximum atomic E-state index is 2.46. The summed E-state index contributed by atoms with van der Waals surface area (Å²) in [7, 11) is 0. The smallest absolute Gasteiger partial charge is 0.0547 e. The Morgan fingerprint density at radius 1 is 0.181 bits per heavy atom. The first-order valence-corrected chi connectivity index (χ1v) is 43.2. The summed E-state index contributed by atoms with van der Waals surface area (Å²) in [5.41, 5.74) is 23.1. The van der Waals surface area contributed by atoms with Crippen molar-refractivity contribution in [2.75, 3.05) is 0 Å². The molecule has 0 saturated carbocycles. The van der Waals surface area contributed by atoms with Crippen LogP contribution < -0.4 is 0 Å². The molecule has 0 spiro atoms. The van der Waals surface area contributed by atoms with Crippen molar-refractivity contribution in [2.45, 2.75) is 52.4 Å². The maximum absolute atomic E-state index is 2.46. The highest BCUT2D eigenvalue weighted by atomic mass is 32.1. The van der Waals surface area contributed by atoms with E-state index in [1.54, 1.807) is 0 Å². The van der Waals surface area contributed by atoms with Gasteiger partial charge in [0, 0.05) is 114 Å². The van der Waals surface area contributed by atoms with Crippen LogP contribution in [-0.4, -0.2) is 9.13 Å². The number of fused-ring (bicyclic) bond motifs is 18. The van der Waals surface area contributed by atoms with E-state index in [-0.39, 0.29) is 10.8 Å². The molecule has 0 bridgehead atoms. The van der Waals surface area contributed by atoms with Crippen molar-refractivity contribution in [3.05, 3.63) is 399 Å². The number of para-hydroxylation sites is 3. The average Bonchev–Trinajstić information content (AvgIpc) is 1.58. The van der Waals surface area contributed by atoms with E-state index in [2.05, 4.69) is 439 Å². The van der Waals surface area contributed by atoms with E-state index in [1.807, 2.05) is 45.3 Å². The molecule has 6 aromatic heterocycles. The number of rotatable bonds is 7. The van der Waals surface area contributed by atoms with Gasteiger partial charge in [0.15, 0.2) is 0 Å². The second-order valence-electron chi connectivity index (χ2n) is 32.1. The van der Waals surface area contributed by atoms with E-state index in [0.29, 0.717) is 0 Å². The highest BCUT2D eigenvalue weighted by Gasteiger charge is 2.30. The lowest BCUT2D eigenvalue weighted by Crippen LogP contribution is -2.12. The molecule has 0 N–H and O–H groups in total. The molecule has 23 rings (SSSR count). The molecule has 0 amide bonds. The first-order valence-electron chi connectivity index (χ1n) is 40.0. The molecule has 2 nitrogen and oxygen atoms in total. The molecule has 0 aliphatic heterocycles. The predicted molar refractivity (Wildman–Crippen MR) is 511 cm³/mol. The van der Waals surface area contributed by atoms with Crippen LogP contribution >= 0.6 is 45.3 Å². The number of aromatic nitrogens is 2. The summed E-state index contributed by atoms with van der Waals surface area (Å²) < 4.78 is 15.9. The molecule has 0 atom stereocenters. The lowest BCUT2D eigenvalue weighted by atomic mass is 9.80. The summed E-state index contributed by atoms with van der Waals surface area (Å²) in [6.45, 7) is 14.2. The van der Waals surface area contributed by atoms with Crippen molar-refractivity contribution in [1.29, 1.82) is 0 Å². The van der Waals surface area contributed by atoms with E-state index in [4.69, 9.17) is 0 Å². The molecule has 556 valence electrons. The van der Waals surface area contributed by atoms with Crippen LogP contribution in [0.1, 0.15) is 52.7 Å². The van der Waals surface area contributed by atoms with E-state index in [0.717, 1.165) is 0 Å². The minimum absolute atomic E-state index is 0.0205. The van der Waals surface area contributed by atoms with Crippen molar-refractivity contribution >= 4 is 170 Å². The second-order valence-corrected chi connectivity index (χ2v) is 36.4. The average molecular weight is 1560 g/mol. The van der Waals surface area contributed by atoms with Gasteiger partial charge < -0.3 is 9.13 Å². The number of nitrogens with zero attached hydrogens (tertiary/aromatic N) is 2. The summed E-state index contributed by atoms with van der Waals surface area (Å²) in [5, 5.41) is 16.5. The van der Waals surface area contributed by atoms with Gasteiger partial charge in [0.1, 0.15) is 0 Å². The van der Waals surface area contributed by atoms with Crippen molar-refractivity contribution in [2.24, 2.45) is 0 Å². The fourth-order valence-corrected chi connectivity index (χ4v) is 22.7. The Morgan fingerprint density at radius 3 is 0.888 bits per heavy atom. The highest BCUT2D eigenvalue weighted by molar-refractivity contribution is 7.29. The summed E-state index contributed by atoms with van der Waals surface area (Å²) >= 11 is 7.71. The molecule has 0 fully saturated rings. The van der Waals surface area contributed by atoms with Gasteiger partial charge in [-0.2, -0.15) is 0 Å². The van der Waals surface area contributed by atoms with E-state index in [1.165, 1.54) is 202 Å². The first kappa shape index (κ1) is 72.2. The molecule has 17 aromatic carbocycles. The fourth-order valence-electron chi connectivity index (χ4n) is 17.9. The van der Waals surface area contributed by atoms with Gasteiger partial charge in [0.05, 0.1) is 22.1 Å². The Bertz CT molecular complexity index is 7380. The van der Waals surface area contributed by atoms with Crippen molar-refractivity contribution in [3.8, 4) is 67.0 Å². The molecule has 6 heteroatoms. The molecule has 0 saturated heterocycles.